The van der Waals surface area contributed by atoms with Gasteiger partial charge in [0.1, 0.15) is 0 Å². The van der Waals surface area contributed by atoms with Gasteiger partial charge >= 0.3 is 0 Å². The maximum Gasteiger partial charge on any atom is 0.0843 e. The number of aromatic nitrogens is 1. The second kappa shape index (κ2) is 12.6. The number of benzene rings is 3. The molecule has 1 saturated carbocycles. The van der Waals surface area contributed by atoms with Crippen LogP contribution in [0.2, 0.25) is 5.02 Å². The molecule has 4 aromatic rings. The summed E-state index contributed by atoms with van der Waals surface area (Å²) in [7, 11) is 0. The molecule has 1 aliphatic carbocycles. The van der Waals surface area contributed by atoms with Gasteiger partial charge in [0.15, 0.2) is 0 Å². The van der Waals surface area contributed by atoms with E-state index in [1.807, 2.05) is 62.0 Å². The number of fused-ring (bicyclic) bond motifs is 1. The molecule has 0 bridgehead atoms. The molecule has 0 aliphatic heterocycles. The SMILES string of the molecule is CC(C)(O)c1ccccc1CCC(SCC1CC1CC#N)c1cccc(C=Cc2ccc3ccc(Cl)cc3n2)c1. The summed E-state index contributed by atoms with van der Waals surface area (Å²) in [6.45, 7) is 3.71. The molecule has 0 saturated heterocycles. The first kappa shape index (κ1) is 28.4. The summed E-state index contributed by atoms with van der Waals surface area (Å²) in [5, 5.41) is 21.9. The standard InChI is InChI=1S/C35H35ClN2OS/c1-35(2,39)32-9-4-3-7-25(32)13-17-34(40-23-29-21-27(29)18-19-37)28-8-5-6-24(20-28)10-15-31-16-12-26-11-14-30(36)22-33(26)38-31/h3-12,14-16,20,22,27,29,34,39H,13,17-18,21,23H2,1-2H3. The molecule has 0 amide bonds. The van der Waals surface area contributed by atoms with E-state index in [1.54, 1.807) is 0 Å². The largest absolute Gasteiger partial charge is 0.386 e. The molecular weight excluding hydrogens is 532 g/mol. The number of aryl methyl sites for hydroxylation is 1. The van der Waals surface area contributed by atoms with Gasteiger partial charge < -0.3 is 5.11 Å². The first-order chi connectivity index (χ1) is 19.3. The Balaban J connectivity index is 1.35. The molecule has 1 aliphatic rings. The van der Waals surface area contributed by atoms with Crippen LogP contribution in [0.5, 0.6) is 0 Å². The van der Waals surface area contributed by atoms with Gasteiger partial charge in [0.2, 0.25) is 0 Å². The number of rotatable bonds is 11. The molecule has 3 aromatic carbocycles. The van der Waals surface area contributed by atoms with E-state index in [2.05, 4.69) is 60.7 Å². The average molecular weight is 567 g/mol. The van der Waals surface area contributed by atoms with Gasteiger partial charge in [0.05, 0.1) is 22.9 Å². The number of nitrogens with zero attached hydrogens (tertiary/aromatic N) is 2. The lowest BCUT2D eigenvalue weighted by molar-refractivity contribution is 0.0776. The van der Waals surface area contributed by atoms with Crippen LogP contribution >= 0.6 is 23.4 Å². The third-order valence-electron chi connectivity index (χ3n) is 7.69. The Kier molecular flexibility index (Phi) is 8.96. The molecule has 3 nitrogen and oxygen atoms in total. The predicted octanol–water partition coefficient (Wildman–Crippen LogP) is 9.24. The highest BCUT2D eigenvalue weighted by atomic mass is 35.5. The van der Waals surface area contributed by atoms with Gasteiger partial charge in [-0.05, 0) is 97.2 Å². The third-order valence-corrected chi connectivity index (χ3v) is 9.46. The monoisotopic (exact) mass is 566 g/mol. The molecule has 1 heterocycles. The van der Waals surface area contributed by atoms with Crippen LogP contribution in [0.15, 0.2) is 78.9 Å². The molecule has 1 fully saturated rings. The number of nitriles is 1. The fraction of sp³-hybridized carbons (Fsp3) is 0.314. The molecule has 1 aromatic heterocycles. The van der Waals surface area contributed by atoms with Crippen molar-refractivity contribution in [3.05, 3.63) is 112 Å². The van der Waals surface area contributed by atoms with Gasteiger partial charge in [-0.15, -0.1) is 0 Å². The van der Waals surface area contributed by atoms with Gasteiger partial charge in [-0.2, -0.15) is 17.0 Å². The highest BCUT2D eigenvalue weighted by molar-refractivity contribution is 7.99. The molecule has 0 spiro atoms. The number of halogens is 1. The van der Waals surface area contributed by atoms with E-state index in [1.165, 1.54) is 17.5 Å². The van der Waals surface area contributed by atoms with Gasteiger partial charge in [0.25, 0.3) is 0 Å². The first-order valence-electron chi connectivity index (χ1n) is 13.9. The minimum Gasteiger partial charge on any atom is -0.386 e. The van der Waals surface area contributed by atoms with Gasteiger partial charge in [0, 0.05) is 22.1 Å². The molecular formula is C35H35ClN2OS. The fourth-order valence-electron chi connectivity index (χ4n) is 5.33. The number of aliphatic hydroxyl groups is 1. The lowest BCUT2D eigenvalue weighted by atomic mass is 9.90. The average Bonchev–Trinajstić information content (AvgIpc) is 3.69. The smallest absolute Gasteiger partial charge is 0.0843 e. The zero-order chi connectivity index (χ0) is 28.1. The van der Waals surface area contributed by atoms with Crippen LogP contribution < -0.4 is 0 Å². The molecule has 204 valence electrons. The van der Waals surface area contributed by atoms with E-state index in [0.717, 1.165) is 46.3 Å². The van der Waals surface area contributed by atoms with Crippen LogP contribution in [0, 0.1) is 23.2 Å². The Hall–Kier alpha value is -3.10. The Morgan fingerprint density at radius 1 is 1.05 bits per heavy atom. The van der Waals surface area contributed by atoms with Crippen LogP contribution in [0.3, 0.4) is 0 Å². The maximum atomic E-state index is 10.7. The Labute approximate surface area is 246 Å². The highest BCUT2D eigenvalue weighted by Gasteiger charge is 2.37. The van der Waals surface area contributed by atoms with E-state index >= 15 is 0 Å². The van der Waals surface area contributed by atoms with Crippen molar-refractivity contribution >= 4 is 46.4 Å². The van der Waals surface area contributed by atoms with Crippen molar-refractivity contribution in [3.8, 4) is 6.07 Å². The quantitative estimate of drug-likeness (QED) is 0.196. The van der Waals surface area contributed by atoms with Crippen LogP contribution in [-0.2, 0) is 12.0 Å². The van der Waals surface area contributed by atoms with Crippen molar-refractivity contribution in [3.63, 3.8) is 0 Å². The summed E-state index contributed by atoms with van der Waals surface area (Å²) >= 11 is 8.19. The maximum absolute atomic E-state index is 10.7. The minimum absolute atomic E-state index is 0.326. The first-order valence-corrected chi connectivity index (χ1v) is 15.4. The van der Waals surface area contributed by atoms with Crippen LogP contribution in [-0.4, -0.2) is 15.8 Å². The summed E-state index contributed by atoms with van der Waals surface area (Å²) < 4.78 is 0. The Morgan fingerprint density at radius 3 is 2.70 bits per heavy atom. The van der Waals surface area contributed by atoms with Gasteiger partial charge in [-0.3, -0.25) is 0 Å². The minimum atomic E-state index is -0.870. The second-order valence-electron chi connectivity index (χ2n) is 11.3. The highest BCUT2D eigenvalue weighted by Crippen LogP contribution is 2.46. The number of thioether (sulfide) groups is 1. The third kappa shape index (κ3) is 7.34. The lowest BCUT2D eigenvalue weighted by Gasteiger charge is -2.23. The molecule has 3 unspecified atom stereocenters. The lowest BCUT2D eigenvalue weighted by Crippen LogP contribution is -2.18. The van der Waals surface area contributed by atoms with Crippen molar-refractivity contribution in [2.75, 3.05) is 5.75 Å². The predicted molar refractivity (Wildman–Crippen MR) is 169 cm³/mol. The van der Waals surface area contributed by atoms with Crippen molar-refractivity contribution in [2.24, 2.45) is 11.8 Å². The van der Waals surface area contributed by atoms with E-state index < -0.39 is 5.60 Å². The summed E-state index contributed by atoms with van der Waals surface area (Å²) in [5.41, 5.74) is 5.56. The van der Waals surface area contributed by atoms with Crippen molar-refractivity contribution in [1.29, 1.82) is 5.26 Å². The number of pyridine rings is 1. The normalized spacial score (nSPS) is 17.7. The second-order valence-corrected chi connectivity index (χ2v) is 12.9. The molecule has 0 radical (unpaired) electrons. The molecule has 3 atom stereocenters. The van der Waals surface area contributed by atoms with Crippen LogP contribution in [0.1, 0.15) is 66.3 Å². The summed E-state index contributed by atoms with van der Waals surface area (Å²) in [5.74, 6) is 2.28. The zero-order valence-electron chi connectivity index (χ0n) is 23.1. The van der Waals surface area contributed by atoms with E-state index in [0.29, 0.717) is 28.5 Å². The molecule has 40 heavy (non-hydrogen) atoms. The van der Waals surface area contributed by atoms with Crippen molar-refractivity contribution in [2.45, 2.75) is 50.4 Å². The number of hydrogen-bond acceptors (Lipinski definition) is 4. The van der Waals surface area contributed by atoms with Gasteiger partial charge in [-0.25, -0.2) is 4.98 Å². The summed E-state index contributed by atoms with van der Waals surface area (Å²) in [6.07, 6.45) is 7.89. The fourth-order valence-corrected chi connectivity index (χ4v) is 7.01. The summed E-state index contributed by atoms with van der Waals surface area (Å²) in [4.78, 5) is 4.76. The van der Waals surface area contributed by atoms with E-state index in [9.17, 15) is 5.11 Å². The number of hydrogen-bond donors (Lipinski definition) is 1. The Bertz CT molecular complexity index is 1550. The van der Waals surface area contributed by atoms with Crippen molar-refractivity contribution in [1.82, 2.24) is 4.98 Å². The summed E-state index contributed by atoms with van der Waals surface area (Å²) in [6, 6.07) is 29.2. The van der Waals surface area contributed by atoms with Gasteiger partial charge in [-0.1, -0.05) is 78.3 Å². The Morgan fingerprint density at radius 2 is 1.88 bits per heavy atom. The van der Waals surface area contributed by atoms with E-state index in [4.69, 9.17) is 21.8 Å². The molecule has 5 heteroatoms. The zero-order valence-corrected chi connectivity index (χ0v) is 24.6. The van der Waals surface area contributed by atoms with Crippen LogP contribution in [0.4, 0.5) is 0 Å². The topological polar surface area (TPSA) is 56.9 Å². The van der Waals surface area contributed by atoms with Crippen molar-refractivity contribution < 1.29 is 5.11 Å². The molecule has 5 rings (SSSR count). The molecule has 1 N–H and O–H groups in total. The van der Waals surface area contributed by atoms with E-state index in [-0.39, 0.29) is 0 Å². The van der Waals surface area contributed by atoms with Crippen LogP contribution in [0.25, 0.3) is 23.1 Å².